The van der Waals surface area contributed by atoms with Gasteiger partial charge in [0.05, 0.1) is 24.3 Å². The van der Waals surface area contributed by atoms with E-state index in [0.717, 1.165) is 25.0 Å². The second kappa shape index (κ2) is 9.02. The number of amides is 2. The van der Waals surface area contributed by atoms with Crippen LogP contribution in [0.25, 0.3) is 11.3 Å². The van der Waals surface area contributed by atoms with Gasteiger partial charge < -0.3 is 21.1 Å². The fourth-order valence-electron chi connectivity index (χ4n) is 5.37. The molecular formula is C26H30F3N7O3. The van der Waals surface area contributed by atoms with Crippen LogP contribution in [-0.4, -0.2) is 55.2 Å². The van der Waals surface area contributed by atoms with Gasteiger partial charge in [0, 0.05) is 30.3 Å². The first-order valence-electron chi connectivity index (χ1n) is 12.5. The van der Waals surface area contributed by atoms with Gasteiger partial charge in [0.15, 0.2) is 0 Å². The number of nitrogen functional groups attached to an aromatic ring is 1. The lowest BCUT2D eigenvalue weighted by atomic mass is 9.61. The molecule has 208 valence electrons. The molecule has 1 saturated carbocycles. The molecule has 0 radical (unpaired) electrons. The van der Waals surface area contributed by atoms with Gasteiger partial charge >= 0.3 is 12.3 Å². The number of ether oxygens (including phenoxy) is 1. The minimum atomic E-state index is -4.44. The lowest BCUT2D eigenvalue weighted by Gasteiger charge is -2.58. The van der Waals surface area contributed by atoms with Crippen LogP contribution in [0.2, 0.25) is 0 Å². The Labute approximate surface area is 222 Å². The number of hydrogen-bond donors (Lipinski definition) is 2. The maximum Gasteiger partial charge on any atom is 0.416 e. The number of carbonyl (C=O) groups excluding carboxylic acids is 2. The van der Waals surface area contributed by atoms with Gasteiger partial charge in [0.1, 0.15) is 22.7 Å². The molecule has 1 aliphatic carbocycles. The molecule has 0 atom stereocenters. The Morgan fingerprint density at radius 3 is 2.49 bits per heavy atom. The normalized spacial score (nSPS) is 17.1. The number of nitrogens with two attached hydrogens (primary N) is 2. The van der Waals surface area contributed by atoms with E-state index in [0.29, 0.717) is 24.2 Å². The highest BCUT2D eigenvalue weighted by Gasteiger charge is 2.55. The summed E-state index contributed by atoms with van der Waals surface area (Å²) < 4.78 is 47.7. The molecule has 1 aliphatic heterocycles. The molecule has 10 nitrogen and oxygen atoms in total. The first-order valence-corrected chi connectivity index (χ1v) is 12.5. The Kier molecular flexibility index (Phi) is 6.15. The predicted octanol–water partition coefficient (Wildman–Crippen LogP) is 4.07. The molecule has 2 aromatic heterocycles. The van der Waals surface area contributed by atoms with Crippen molar-refractivity contribution in [1.29, 1.82) is 0 Å². The lowest BCUT2D eigenvalue weighted by Crippen LogP contribution is -2.64. The van der Waals surface area contributed by atoms with Crippen LogP contribution >= 0.6 is 0 Å². The first-order chi connectivity index (χ1) is 18.1. The van der Waals surface area contributed by atoms with E-state index >= 15 is 0 Å². The van der Waals surface area contributed by atoms with Gasteiger partial charge in [-0.2, -0.15) is 23.4 Å². The van der Waals surface area contributed by atoms with Gasteiger partial charge in [-0.15, -0.1) is 0 Å². The molecule has 5 rings (SSSR count). The van der Waals surface area contributed by atoms with Gasteiger partial charge in [-0.1, -0.05) is 12.1 Å². The zero-order chi connectivity index (χ0) is 28.3. The average molecular weight is 546 g/mol. The molecule has 3 aromatic rings. The topological polar surface area (TPSA) is 134 Å². The van der Waals surface area contributed by atoms with Crippen LogP contribution in [0, 0.1) is 5.41 Å². The predicted molar refractivity (Wildman–Crippen MR) is 135 cm³/mol. The van der Waals surface area contributed by atoms with Crippen molar-refractivity contribution in [2.24, 2.45) is 11.1 Å². The standard InChI is InChI=1S/C26H30F3N7O3/c1-24(2,3)39-23(38)34-13-25(14-34)8-18(9-25)36-21(30)19(22(31)37)20(33-36)16-10-32-35(12-16)11-15-5-4-6-17(7-15)26(27,28)29/h4-7,10,12,18H,8-9,11,13-14,30H2,1-3H3,(H2,31,37). The fourth-order valence-corrected chi connectivity index (χ4v) is 5.37. The fraction of sp³-hybridized carbons (Fsp3) is 0.462. The largest absolute Gasteiger partial charge is 0.444 e. The van der Waals surface area contributed by atoms with Crippen molar-refractivity contribution in [3.8, 4) is 11.3 Å². The van der Waals surface area contributed by atoms with E-state index in [1.54, 1.807) is 21.8 Å². The van der Waals surface area contributed by atoms with Crippen molar-refractivity contribution in [3.63, 3.8) is 0 Å². The van der Waals surface area contributed by atoms with E-state index in [1.165, 1.54) is 16.9 Å². The molecule has 39 heavy (non-hydrogen) atoms. The molecule has 13 heteroatoms. The summed E-state index contributed by atoms with van der Waals surface area (Å²) in [7, 11) is 0. The van der Waals surface area contributed by atoms with Crippen LogP contribution in [0.15, 0.2) is 36.7 Å². The van der Waals surface area contributed by atoms with Crippen LogP contribution < -0.4 is 11.5 Å². The number of nitrogens with zero attached hydrogens (tertiary/aromatic N) is 5. The molecule has 0 unspecified atom stereocenters. The number of anilines is 1. The number of hydrogen-bond acceptors (Lipinski definition) is 6. The molecular weight excluding hydrogens is 515 g/mol. The third-order valence-electron chi connectivity index (χ3n) is 7.09. The third kappa shape index (κ3) is 5.17. The van der Waals surface area contributed by atoms with E-state index < -0.39 is 23.2 Å². The van der Waals surface area contributed by atoms with Crippen LogP contribution in [0.4, 0.5) is 23.8 Å². The van der Waals surface area contributed by atoms with E-state index in [1.807, 2.05) is 20.8 Å². The van der Waals surface area contributed by atoms with Crippen molar-refractivity contribution in [3.05, 3.63) is 53.3 Å². The number of carbonyl (C=O) groups is 2. The van der Waals surface area contributed by atoms with E-state index in [-0.39, 0.29) is 41.2 Å². The summed E-state index contributed by atoms with van der Waals surface area (Å²) in [4.78, 5) is 26.3. The maximum atomic E-state index is 13.1. The molecule has 2 amide bonds. The van der Waals surface area contributed by atoms with Crippen LogP contribution in [0.1, 0.15) is 61.1 Å². The third-order valence-corrected chi connectivity index (χ3v) is 7.09. The Balaban J connectivity index is 1.30. The number of halogens is 3. The summed E-state index contributed by atoms with van der Waals surface area (Å²) in [5.41, 5.74) is 11.8. The molecule has 3 heterocycles. The molecule has 2 fully saturated rings. The number of primary amides is 1. The monoisotopic (exact) mass is 545 g/mol. The number of alkyl halides is 3. The van der Waals surface area contributed by atoms with E-state index in [4.69, 9.17) is 16.2 Å². The molecule has 0 bridgehead atoms. The zero-order valence-corrected chi connectivity index (χ0v) is 21.8. The summed E-state index contributed by atoms with van der Waals surface area (Å²) in [6.07, 6.45) is -0.268. The van der Waals surface area contributed by atoms with Crippen LogP contribution in [-0.2, 0) is 17.5 Å². The number of likely N-dealkylation sites (tertiary alicyclic amines) is 1. The van der Waals surface area contributed by atoms with Gasteiger partial charge in [-0.3, -0.25) is 9.48 Å². The van der Waals surface area contributed by atoms with Gasteiger partial charge in [-0.25, -0.2) is 9.48 Å². The summed E-state index contributed by atoms with van der Waals surface area (Å²) in [6, 6.07) is 4.93. The van der Waals surface area contributed by atoms with Crippen molar-refractivity contribution >= 4 is 17.8 Å². The van der Waals surface area contributed by atoms with Crippen molar-refractivity contribution < 1.29 is 27.5 Å². The average Bonchev–Trinajstić information content (AvgIpc) is 3.34. The van der Waals surface area contributed by atoms with E-state index in [2.05, 4.69) is 10.2 Å². The molecule has 1 spiro atoms. The first kappa shape index (κ1) is 26.6. The smallest absolute Gasteiger partial charge is 0.416 e. The number of aromatic nitrogens is 4. The summed E-state index contributed by atoms with van der Waals surface area (Å²) >= 11 is 0. The maximum absolute atomic E-state index is 13.1. The highest BCUT2D eigenvalue weighted by atomic mass is 19.4. The Hall–Kier alpha value is -4.03. The molecule has 1 aromatic carbocycles. The number of benzene rings is 1. The van der Waals surface area contributed by atoms with Crippen molar-refractivity contribution in [1.82, 2.24) is 24.5 Å². The van der Waals surface area contributed by atoms with Crippen molar-refractivity contribution in [2.45, 2.75) is 58.0 Å². The van der Waals surface area contributed by atoms with Gasteiger partial charge in [0.25, 0.3) is 5.91 Å². The summed E-state index contributed by atoms with van der Waals surface area (Å²) in [5.74, 6) is -0.598. The van der Waals surface area contributed by atoms with Gasteiger partial charge in [0.2, 0.25) is 0 Å². The van der Waals surface area contributed by atoms with Gasteiger partial charge in [-0.05, 0) is 51.3 Å². The zero-order valence-electron chi connectivity index (χ0n) is 21.8. The highest BCUT2D eigenvalue weighted by molar-refractivity contribution is 6.03. The van der Waals surface area contributed by atoms with Crippen LogP contribution in [0.5, 0.6) is 0 Å². The summed E-state index contributed by atoms with van der Waals surface area (Å²) in [6.45, 7) is 6.72. The molecule has 1 saturated heterocycles. The lowest BCUT2D eigenvalue weighted by molar-refractivity contribution is -0.137. The quantitative estimate of drug-likeness (QED) is 0.497. The summed E-state index contributed by atoms with van der Waals surface area (Å²) in [5, 5.41) is 8.84. The Morgan fingerprint density at radius 2 is 1.87 bits per heavy atom. The second-order valence-corrected chi connectivity index (χ2v) is 11.4. The Bertz CT molecular complexity index is 1420. The minimum absolute atomic E-state index is 0.0388. The number of rotatable bonds is 5. The highest BCUT2D eigenvalue weighted by Crippen LogP contribution is 2.55. The Morgan fingerprint density at radius 1 is 1.18 bits per heavy atom. The molecule has 2 aliphatic rings. The van der Waals surface area contributed by atoms with Crippen molar-refractivity contribution in [2.75, 3.05) is 18.8 Å². The van der Waals surface area contributed by atoms with E-state index in [9.17, 15) is 22.8 Å². The molecule has 4 N–H and O–H groups in total. The second-order valence-electron chi connectivity index (χ2n) is 11.4. The minimum Gasteiger partial charge on any atom is -0.444 e. The van der Waals surface area contributed by atoms with Crippen LogP contribution in [0.3, 0.4) is 0 Å². The SMILES string of the molecule is CC(C)(C)OC(=O)N1CC2(CC(n3nc(-c4cnn(Cc5cccc(C(F)(F)F)c5)c4)c(C(N)=O)c3N)C2)C1.